The lowest BCUT2D eigenvalue weighted by Gasteiger charge is -2.38. The third-order valence-corrected chi connectivity index (χ3v) is 3.82. The van der Waals surface area contributed by atoms with E-state index in [-0.39, 0.29) is 11.5 Å². The Morgan fingerprint density at radius 2 is 1.84 bits per heavy atom. The van der Waals surface area contributed by atoms with Crippen LogP contribution in [0.1, 0.15) is 12.8 Å². The van der Waals surface area contributed by atoms with E-state index in [9.17, 15) is 5.11 Å². The van der Waals surface area contributed by atoms with E-state index < -0.39 is 0 Å². The van der Waals surface area contributed by atoms with Crippen molar-refractivity contribution in [1.29, 1.82) is 0 Å². The SMILES string of the molecule is COc1cc(O)cc(N2CCC3(CC2)OCCO3)c1. The fraction of sp³-hybridized carbons (Fsp3) is 0.571. The first kappa shape index (κ1) is 12.6. The van der Waals surface area contributed by atoms with Crippen molar-refractivity contribution < 1.29 is 19.3 Å². The van der Waals surface area contributed by atoms with Crippen molar-refractivity contribution in [3.8, 4) is 11.5 Å². The van der Waals surface area contributed by atoms with Gasteiger partial charge in [-0.3, -0.25) is 0 Å². The van der Waals surface area contributed by atoms with Gasteiger partial charge < -0.3 is 24.2 Å². The molecule has 1 N–H and O–H groups in total. The molecule has 5 heteroatoms. The van der Waals surface area contributed by atoms with E-state index in [1.165, 1.54) is 0 Å². The lowest BCUT2D eigenvalue weighted by Crippen LogP contribution is -2.45. The molecule has 1 aromatic carbocycles. The summed E-state index contributed by atoms with van der Waals surface area (Å²) in [6, 6.07) is 5.31. The number of hydrogen-bond acceptors (Lipinski definition) is 5. The number of nitrogens with zero attached hydrogens (tertiary/aromatic N) is 1. The maximum Gasteiger partial charge on any atom is 0.171 e. The van der Waals surface area contributed by atoms with Gasteiger partial charge in [-0.25, -0.2) is 0 Å². The van der Waals surface area contributed by atoms with Crippen molar-refractivity contribution in [3.63, 3.8) is 0 Å². The largest absolute Gasteiger partial charge is 0.508 e. The van der Waals surface area contributed by atoms with E-state index >= 15 is 0 Å². The summed E-state index contributed by atoms with van der Waals surface area (Å²) in [5, 5.41) is 9.70. The second-order valence-electron chi connectivity index (χ2n) is 4.98. The first-order chi connectivity index (χ1) is 9.21. The summed E-state index contributed by atoms with van der Waals surface area (Å²) in [5.74, 6) is 0.531. The van der Waals surface area contributed by atoms with E-state index in [1.807, 2.05) is 6.07 Å². The molecule has 0 aromatic heterocycles. The van der Waals surface area contributed by atoms with Crippen molar-refractivity contribution in [2.75, 3.05) is 38.3 Å². The van der Waals surface area contributed by atoms with Crippen molar-refractivity contribution in [2.24, 2.45) is 0 Å². The Balaban J connectivity index is 1.72. The molecule has 0 aliphatic carbocycles. The van der Waals surface area contributed by atoms with Crippen LogP contribution in [0, 0.1) is 0 Å². The first-order valence-electron chi connectivity index (χ1n) is 6.62. The predicted molar refractivity (Wildman–Crippen MR) is 70.7 cm³/mol. The number of phenols is 1. The highest BCUT2D eigenvalue weighted by Gasteiger charge is 2.39. The fourth-order valence-electron chi connectivity index (χ4n) is 2.76. The number of anilines is 1. The molecule has 0 saturated carbocycles. The van der Waals surface area contributed by atoms with E-state index in [0.29, 0.717) is 19.0 Å². The summed E-state index contributed by atoms with van der Waals surface area (Å²) in [6.45, 7) is 3.10. The summed E-state index contributed by atoms with van der Waals surface area (Å²) in [6.07, 6.45) is 1.70. The minimum Gasteiger partial charge on any atom is -0.508 e. The van der Waals surface area contributed by atoms with Gasteiger partial charge in [-0.15, -0.1) is 0 Å². The molecule has 0 amide bonds. The normalized spacial score (nSPS) is 21.8. The monoisotopic (exact) mass is 265 g/mol. The smallest absolute Gasteiger partial charge is 0.171 e. The van der Waals surface area contributed by atoms with Gasteiger partial charge in [-0.1, -0.05) is 0 Å². The van der Waals surface area contributed by atoms with E-state index in [4.69, 9.17) is 14.2 Å². The molecule has 104 valence electrons. The number of piperidine rings is 1. The van der Waals surface area contributed by atoms with Crippen LogP contribution in [0.5, 0.6) is 11.5 Å². The molecule has 3 rings (SSSR count). The quantitative estimate of drug-likeness (QED) is 0.882. The summed E-state index contributed by atoms with van der Waals surface area (Å²) in [7, 11) is 1.60. The second kappa shape index (κ2) is 4.90. The third-order valence-electron chi connectivity index (χ3n) is 3.82. The average molecular weight is 265 g/mol. The van der Waals surface area contributed by atoms with Crippen LogP contribution in [0.2, 0.25) is 0 Å². The van der Waals surface area contributed by atoms with Gasteiger partial charge in [0.2, 0.25) is 0 Å². The fourth-order valence-corrected chi connectivity index (χ4v) is 2.76. The molecule has 0 bridgehead atoms. The van der Waals surface area contributed by atoms with E-state index in [1.54, 1.807) is 19.2 Å². The maximum atomic E-state index is 9.70. The molecule has 2 aliphatic rings. The summed E-state index contributed by atoms with van der Waals surface area (Å²) in [4.78, 5) is 2.22. The van der Waals surface area contributed by atoms with Gasteiger partial charge in [0.05, 0.1) is 20.3 Å². The molecule has 1 aromatic rings. The summed E-state index contributed by atoms with van der Waals surface area (Å²) in [5.41, 5.74) is 0.977. The zero-order valence-electron chi connectivity index (χ0n) is 11.1. The molecule has 0 unspecified atom stereocenters. The number of aromatic hydroxyl groups is 1. The Morgan fingerprint density at radius 3 is 2.47 bits per heavy atom. The lowest BCUT2D eigenvalue weighted by atomic mass is 10.0. The summed E-state index contributed by atoms with van der Waals surface area (Å²) >= 11 is 0. The number of benzene rings is 1. The zero-order valence-corrected chi connectivity index (χ0v) is 11.1. The number of phenolic OH excluding ortho intramolecular Hbond substituents is 1. The number of ether oxygens (including phenoxy) is 3. The first-order valence-corrected chi connectivity index (χ1v) is 6.62. The minimum atomic E-state index is -0.364. The van der Waals surface area contributed by atoms with Crippen molar-refractivity contribution in [1.82, 2.24) is 0 Å². The number of methoxy groups -OCH3 is 1. The Morgan fingerprint density at radius 1 is 1.16 bits per heavy atom. The molecule has 2 saturated heterocycles. The number of hydrogen-bond donors (Lipinski definition) is 1. The van der Waals surface area contributed by atoms with Crippen molar-refractivity contribution in [3.05, 3.63) is 18.2 Å². The van der Waals surface area contributed by atoms with Gasteiger partial charge in [-0.05, 0) is 0 Å². The second-order valence-corrected chi connectivity index (χ2v) is 4.98. The van der Waals surface area contributed by atoms with Gasteiger partial charge >= 0.3 is 0 Å². The molecule has 19 heavy (non-hydrogen) atoms. The molecule has 0 atom stereocenters. The van der Waals surface area contributed by atoms with Gasteiger partial charge in [-0.2, -0.15) is 0 Å². The van der Waals surface area contributed by atoms with Crippen LogP contribution in [0.3, 0.4) is 0 Å². The van der Waals surface area contributed by atoms with Gasteiger partial charge in [0.1, 0.15) is 11.5 Å². The zero-order chi connectivity index (χ0) is 13.3. The van der Waals surface area contributed by atoms with Crippen LogP contribution in [0.15, 0.2) is 18.2 Å². The highest BCUT2D eigenvalue weighted by atomic mass is 16.7. The van der Waals surface area contributed by atoms with Gasteiger partial charge in [0.25, 0.3) is 0 Å². The van der Waals surface area contributed by atoms with Crippen LogP contribution >= 0.6 is 0 Å². The van der Waals surface area contributed by atoms with Crippen LogP contribution in [0.25, 0.3) is 0 Å². The molecule has 2 aliphatic heterocycles. The van der Waals surface area contributed by atoms with Crippen LogP contribution in [-0.2, 0) is 9.47 Å². The van der Waals surface area contributed by atoms with Crippen LogP contribution < -0.4 is 9.64 Å². The standard InChI is InChI=1S/C14H19NO4/c1-17-13-9-11(8-12(16)10-13)15-4-2-14(3-5-15)18-6-7-19-14/h8-10,16H,2-7H2,1H3. The van der Waals surface area contributed by atoms with Crippen molar-refractivity contribution >= 4 is 5.69 Å². The lowest BCUT2D eigenvalue weighted by molar-refractivity contribution is -0.169. The molecule has 0 radical (unpaired) electrons. The molecular formula is C14H19NO4. The minimum absolute atomic E-state index is 0.225. The van der Waals surface area contributed by atoms with Crippen molar-refractivity contribution in [2.45, 2.75) is 18.6 Å². The third kappa shape index (κ3) is 2.48. The number of rotatable bonds is 2. The van der Waals surface area contributed by atoms with E-state index in [2.05, 4.69) is 4.90 Å². The summed E-state index contributed by atoms with van der Waals surface area (Å²) < 4.78 is 16.6. The van der Waals surface area contributed by atoms with Crippen LogP contribution in [-0.4, -0.2) is 44.3 Å². The highest BCUT2D eigenvalue weighted by molar-refractivity contribution is 5.55. The van der Waals surface area contributed by atoms with Gasteiger partial charge in [0, 0.05) is 49.8 Å². The van der Waals surface area contributed by atoms with E-state index in [0.717, 1.165) is 31.6 Å². The molecule has 2 fully saturated rings. The Kier molecular flexibility index (Phi) is 3.24. The topological polar surface area (TPSA) is 51.2 Å². The van der Waals surface area contributed by atoms with Gasteiger partial charge in [0.15, 0.2) is 5.79 Å². The predicted octanol–water partition coefficient (Wildman–Crippen LogP) is 1.74. The molecule has 2 heterocycles. The molecule has 5 nitrogen and oxygen atoms in total. The molecular weight excluding hydrogens is 246 g/mol. The average Bonchev–Trinajstić information content (AvgIpc) is 2.87. The Hall–Kier alpha value is -1.46. The Labute approximate surface area is 112 Å². The van der Waals surface area contributed by atoms with Crippen LogP contribution in [0.4, 0.5) is 5.69 Å². The maximum absolute atomic E-state index is 9.70. The Bertz CT molecular complexity index is 447. The molecule has 1 spiro atoms. The highest BCUT2D eigenvalue weighted by Crippen LogP contribution is 2.35.